The summed E-state index contributed by atoms with van der Waals surface area (Å²) in [7, 11) is 3.67. The van der Waals surface area contributed by atoms with Crippen LogP contribution < -0.4 is 25.4 Å². The zero-order valence-electron chi connectivity index (χ0n) is 83.3. The zero-order chi connectivity index (χ0) is 102. The number of fused-ring (bicyclic) bond motifs is 4. The van der Waals surface area contributed by atoms with Gasteiger partial charge in [0.2, 0.25) is 17.8 Å². The predicted octanol–water partition coefficient (Wildman–Crippen LogP) is 20.8. The number of aromatic nitrogens is 8. The topological polar surface area (TPSA) is 261 Å². The molecule has 5 aromatic heterocycles. The highest BCUT2D eigenvalue weighted by molar-refractivity contribution is 6.31. The Hall–Kier alpha value is -14.0. The van der Waals surface area contributed by atoms with E-state index in [1.165, 1.54) is 106 Å². The molecule has 1 atom stereocenters. The molecule has 0 spiro atoms. The number of nitrogens with one attached hydrogen (secondary N) is 2. The number of carboxylic acids is 2. The first-order chi connectivity index (χ1) is 71.2. The van der Waals surface area contributed by atoms with Gasteiger partial charge in [0.15, 0.2) is 0 Å². The van der Waals surface area contributed by atoms with E-state index in [1.807, 2.05) is 141 Å². The van der Waals surface area contributed by atoms with E-state index in [2.05, 4.69) is 175 Å². The number of carbonyl (C=O) groups excluding carboxylic acids is 1. The van der Waals surface area contributed by atoms with Crippen molar-refractivity contribution in [1.82, 2.24) is 63.5 Å². The quantitative estimate of drug-likeness (QED) is 0.0262. The number of nitrogens with zero attached hydrogens (tertiary/aromatic N) is 14. The van der Waals surface area contributed by atoms with Gasteiger partial charge in [-0.2, -0.15) is 0 Å². The number of H-pyrrole nitrogens is 1. The van der Waals surface area contributed by atoms with Gasteiger partial charge in [-0.05, 0) is 257 Å². The number of aromatic amines is 1. The van der Waals surface area contributed by atoms with Crippen molar-refractivity contribution < 1.29 is 47.6 Å². The number of aliphatic carboxylic acids is 2. The zero-order valence-corrected chi connectivity index (χ0v) is 84.8. The van der Waals surface area contributed by atoms with Crippen LogP contribution in [0.2, 0.25) is 10.0 Å². The Balaban J connectivity index is 0.000000131. The molecule has 4 N–H and O–H groups in total. The Morgan fingerprint density at radius 3 is 1.88 bits per heavy atom. The summed E-state index contributed by atoms with van der Waals surface area (Å²) in [5.74, 6) is 0.987. The molecule has 9 aromatic carbocycles. The van der Waals surface area contributed by atoms with Gasteiger partial charge < -0.3 is 58.5 Å². The fourth-order valence-corrected chi connectivity index (χ4v) is 20.1. The molecule has 25 nitrogen and oxygen atoms in total. The van der Waals surface area contributed by atoms with E-state index in [9.17, 15) is 28.0 Å². The van der Waals surface area contributed by atoms with E-state index < -0.39 is 11.9 Å². The van der Waals surface area contributed by atoms with Crippen molar-refractivity contribution in [3.05, 3.63) is 390 Å². The maximum Gasteiger partial charge on any atom is 0.409 e. The number of rotatable bonds is 28. The number of amides is 1. The van der Waals surface area contributed by atoms with Crippen molar-refractivity contribution in [2.75, 3.05) is 147 Å². The highest BCUT2D eigenvalue weighted by atomic mass is 35.5. The molecular weight excluding hydrogens is 1880 g/mol. The Morgan fingerprint density at radius 2 is 1.22 bits per heavy atom. The van der Waals surface area contributed by atoms with E-state index in [-0.39, 0.29) is 42.0 Å². The molecule has 146 heavy (non-hydrogen) atoms. The maximum absolute atomic E-state index is 13.4. The summed E-state index contributed by atoms with van der Waals surface area (Å²) in [4.78, 5) is 87.2. The number of imidazole rings is 2. The number of carbonyl (C=O) groups is 3. The summed E-state index contributed by atoms with van der Waals surface area (Å²) in [6.45, 7) is 19.8. The second-order valence-corrected chi connectivity index (χ2v) is 38.3. The molecule has 1 unspecified atom stereocenters. The van der Waals surface area contributed by atoms with Crippen LogP contribution in [0.25, 0.3) is 39.3 Å². The summed E-state index contributed by atoms with van der Waals surface area (Å²) < 4.78 is 46.7. The number of hydrogen-bond donors (Lipinski definition) is 4. The minimum atomic E-state index is -0.972. The number of methoxy groups -OCH3 is 1. The molecule has 20 rings (SSSR count). The first-order valence-corrected chi connectivity index (χ1v) is 51.3. The van der Waals surface area contributed by atoms with E-state index in [1.54, 1.807) is 12.0 Å². The van der Waals surface area contributed by atoms with Gasteiger partial charge in [-0.3, -0.25) is 29.5 Å². The number of likely N-dealkylation sites (tertiary alicyclic amines) is 3. The van der Waals surface area contributed by atoms with Crippen molar-refractivity contribution in [3.63, 3.8) is 0 Å². The smallest absolute Gasteiger partial charge is 0.409 e. The van der Waals surface area contributed by atoms with Crippen LogP contribution in [0.3, 0.4) is 0 Å². The van der Waals surface area contributed by atoms with Crippen LogP contribution in [0.5, 0.6) is 5.75 Å². The van der Waals surface area contributed by atoms with Gasteiger partial charge in [0, 0.05) is 150 Å². The lowest BCUT2D eigenvalue weighted by Gasteiger charge is -2.39. The number of benzene rings is 9. The number of piperazine rings is 1. The standard InChI is InChI=1S/C28H31FN4O.C24H25FN6O.C22H23ClN2O2.C22H24N2O2.C21H25ClN2O3/c1-34-25-12-8-21(9-13-25)14-17-32-18-15-24(16-19-32)30-28-31-26-4-2-3-5-27(26)33(28)20-22-6-10-23(29)11-7-22;1-29(23-26-13-10-22(32)28-23)19-11-14-30(15-12-19)24-27-20-4-2-3-5-21(20)31(24)16-17-6-8-18(25)9-7-17;1-2-27-22(26)25-12-9-15(10-13-25)20-19-8-7-18(23)14-17(19)6-5-16-4-3-11-24-21(16)20;1-17-7-9-18(10-8-17)20(13-16-24-14-2-3-15-24)21-6-4-5-19(23-21)11-12-22(25)26;22-19-8-6-18(7-9-19)21(17-4-2-1-3-5-17)24-12-10-23(11-13-24)14-15-27-16-20(25)26/h2-13,24H,14-20H2,1H3,(H,30,31);2-10,13,19H,11-12,14-16H2,1H3,(H,26,28,32);3-4,7-8,11,14H,2,5-6,9-10,12-13H2,1H3;4-13H,2-3,14-16H2,1H3,(H,25,26);1-9,21H,10-16H2,(H,25,26)/b;;;12-11+,20-13+;. The van der Waals surface area contributed by atoms with Gasteiger partial charge in [0.1, 0.15) is 24.0 Å². The Kier molecular flexibility index (Phi) is 37.4. The van der Waals surface area contributed by atoms with Crippen molar-refractivity contribution in [3.8, 4) is 5.75 Å². The number of para-hydroxylation sites is 4. The molecule has 5 saturated heterocycles. The normalized spacial score (nSPS) is 15.7. The van der Waals surface area contributed by atoms with E-state index in [0.717, 1.165) is 232 Å². The lowest BCUT2D eigenvalue weighted by Crippen LogP contribution is -2.48. The summed E-state index contributed by atoms with van der Waals surface area (Å²) in [5, 5.41) is 22.7. The van der Waals surface area contributed by atoms with Crippen molar-refractivity contribution in [2.45, 2.75) is 116 Å². The second-order valence-electron chi connectivity index (χ2n) is 37.5. The fourth-order valence-electron chi connectivity index (χ4n) is 19.8. The number of hydrogen-bond acceptors (Lipinski definition) is 19. The summed E-state index contributed by atoms with van der Waals surface area (Å²) in [5.41, 5.74) is 22.3. The lowest BCUT2D eigenvalue weighted by atomic mass is 9.88. The molecule has 5 aliphatic heterocycles. The molecule has 758 valence electrons. The number of piperidine rings is 3. The van der Waals surface area contributed by atoms with Gasteiger partial charge in [-0.1, -0.05) is 186 Å². The highest BCUT2D eigenvalue weighted by Gasteiger charge is 2.32. The molecule has 5 fully saturated rings. The average molecular weight is 2010 g/mol. The molecule has 14 aromatic rings. The third-order valence-corrected chi connectivity index (χ3v) is 28.2. The highest BCUT2D eigenvalue weighted by Crippen LogP contribution is 2.40. The molecule has 10 heterocycles. The van der Waals surface area contributed by atoms with Gasteiger partial charge in [-0.15, -0.1) is 0 Å². The van der Waals surface area contributed by atoms with Crippen molar-refractivity contribution in [1.29, 1.82) is 0 Å². The van der Waals surface area contributed by atoms with Crippen LogP contribution in [-0.2, 0) is 51.4 Å². The summed E-state index contributed by atoms with van der Waals surface area (Å²) in [6.07, 6.45) is 19.3. The van der Waals surface area contributed by atoms with Crippen LogP contribution in [0, 0.1) is 18.6 Å². The molecule has 6 aliphatic rings. The minimum Gasteiger partial charge on any atom is -0.497 e. The van der Waals surface area contributed by atoms with Crippen LogP contribution in [0.1, 0.15) is 137 Å². The van der Waals surface area contributed by atoms with Crippen LogP contribution in [-0.4, -0.2) is 236 Å². The first kappa shape index (κ1) is 105. The van der Waals surface area contributed by atoms with Gasteiger partial charge in [-0.25, -0.2) is 43.1 Å². The minimum absolute atomic E-state index is 0.145. The number of aryl methyl sites for hydroxylation is 3. The van der Waals surface area contributed by atoms with E-state index in [0.29, 0.717) is 57.1 Å². The Morgan fingerprint density at radius 1 is 0.589 bits per heavy atom. The largest absolute Gasteiger partial charge is 0.497 e. The molecule has 0 bridgehead atoms. The lowest BCUT2D eigenvalue weighted by molar-refractivity contribution is -0.142. The van der Waals surface area contributed by atoms with E-state index >= 15 is 0 Å². The molecule has 29 heteroatoms. The van der Waals surface area contributed by atoms with E-state index in [4.69, 9.17) is 62.6 Å². The van der Waals surface area contributed by atoms with Gasteiger partial charge in [0.25, 0.3) is 5.56 Å². The molecule has 1 aliphatic carbocycles. The maximum atomic E-state index is 13.4. The Bertz CT molecular complexity index is 6790. The van der Waals surface area contributed by atoms with Crippen LogP contribution in [0.15, 0.2) is 290 Å². The first-order valence-electron chi connectivity index (χ1n) is 50.5. The van der Waals surface area contributed by atoms with Gasteiger partial charge in [0.05, 0.1) is 78.6 Å². The third-order valence-electron chi connectivity index (χ3n) is 27.7. The second kappa shape index (κ2) is 52.1. The van der Waals surface area contributed by atoms with Crippen molar-refractivity contribution in [2.24, 2.45) is 0 Å². The molecule has 0 saturated carbocycles. The van der Waals surface area contributed by atoms with Crippen molar-refractivity contribution >= 4 is 98.4 Å². The fraction of sp³-hybridized carbons (Fsp3) is 0.325. The predicted molar refractivity (Wildman–Crippen MR) is 577 cm³/mol. The number of anilines is 3. The molecule has 1 amide bonds. The molecule has 0 radical (unpaired) electrons. The number of carboxylic acid groups (broad SMARTS) is 2. The van der Waals surface area contributed by atoms with Gasteiger partial charge >= 0.3 is 18.0 Å². The summed E-state index contributed by atoms with van der Waals surface area (Å²) >= 11 is 12.3. The summed E-state index contributed by atoms with van der Waals surface area (Å²) in [6, 6.07) is 83.5. The average Bonchev–Trinajstić information content (AvgIpc) is 1.64. The number of pyridine rings is 2. The third kappa shape index (κ3) is 29.0. The molecular formula is C117H128Cl2F2N16O9. The number of ether oxygens (including phenoxy) is 3. The number of halogens is 4. The monoisotopic (exact) mass is 2010 g/mol. The van der Waals surface area contributed by atoms with Crippen LogP contribution in [0.4, 0.5) is 31.4 Å². The van der Waals surface area contributed by atoms with Crippen LogP contribution >= 0.6 is 23.2 Å². The SMILES string of the molecule is CCOC(=O)N1CCC(=C2c3ccc(Cl)cc3CCc3cccnc32)CC1.CN(c1nccc(=O)[nH]1)C1CCN(c2nc3ccccc3n2Cc2ccc(F)cc2)CC1.COc1ccc(CCN2CCC(Nc3nc4ccccc4n3Cc3ccc(F)cc3)CC2)cc1.Cc1ccc(/C(=C\CN2CCCC2)c2cccc(/C=C/C(=O)O)n2)cc1.O=C(O)COCCN1CCN(C(c2ccccc2)c2ccc(Cl)cc2)CC1. The Labute approximate surface area is 862 Å².